The average molecular weight is 241 g/mol. The van der Waals surface area contributed by atoms with Crippen LogP contribution in [-0.4, -0.2) is 23.7 Å². The van der Waals surface area contributed by atoms with Crippen molar-refractivity contribution in [1.82, 2.24) is 4.98 Å². The molecule has 82 valence electrons. The van der Waals surface area contributed by atoms with Gasteiger partial charge in [0.05, 0.1) is 7.11 Å². The third kappa shape index (κ3) is 3.67. The van der Waals surface area contributed by atoms with Crippen LogP contribution in [0.4, 0.5) is 0 Å². The van der Waals surface area contributed by atoms with E-state index in [2.05, 4.69) is 4.98 Å². The van der Waals surface area contributed by atoms with Gasteiger partial charge < -0.3 is 15.6 Å². The molecule has 1 atom stereocenters. The fraction of sp³-hybridized carbons (Fsp3) is 0.375. The second-order valence-electron chi connectivity index (χ2n) is 2.34. The largest absolute Gasteiger partial charge is 0.495 e. The van der Waals surface area contributed by atoms with Gasteiger partial charge in [-0.1, -0.05) is 0 Å². The third-order valence-electron chi connectivity index (χ3n) is 1.56. The van der Waals surface area contributed by atoms with E-state index >= 15 is 0 Å². The molecule has 1 aromatic rings. The number of pyridine rings is 1. The lowest BCUT2D eigenvalue weighted by Crippen LogP contribution is -2.13. The van der Waals surface area contributed by atoms with Crippen molar-refractivity contribution in [2.45, 2.75) is 6.10 Å². The van der Waals surface area contributed by atoms with Crippen LogP contribution in [0.2, 0.25) is 0 Å². The molecule has 0 aliphatic heterocycles. The normalized spacial score (nSPS) is 10.8. The van der Waals surface area contributed by atoms with Crippen LogP contribution < -0.4 is 10.5 Å². The summed E-state index contributed by atoms with van der Waals surface area (Å²) in [6.45, 7) is 0.146. The van der Waals surface area contributed by atoms with Crippen molar-refractivity contribution in [3.63, 3.8) is 0 Å². The third-order valence-corrected chi connectivity index (χ3v) is 1.56. The number of aliphatic hydroxyl groups excluding tert-OH is 1. The maximum atomic E-state index is 9.37. The molecule has 1 rings (SSSR count). The van der Waals surface area contributed by atoms with Gasteiger partial charge in [0.1, 0.15) is 17.5 Å². The zero-order chi connectivity index (χ0) is 8.97. The van der Waals surface area contributed by atoms with Gasteiger partial charge in [-0.05, 0) is 12.1 Å². The van der Waals surface area contributed by atoms with Crippen molar-refractivity contribution >= 4 is 24.8 Å². The predicted molar refractivity (Wildman–Crippen MR) is 59.3 cm³/mol. The summed E-state index contributed by atoms with van der Waals surface area (Å²) in [5, 5.41) is 9.37. The van der Waals surface area contributed by atoms with E-state index in [1.54, 1.807) is 18.3 Å². The van der Waals surface area contributed by atoms with Crippen molar-refractivity contribution in [1.29, 1.82) is 0 Å². The number of nitrogens with zero attached hydrogens (tertiary/aromatic N) is 1. The second-order valence-corrected chi connectivity index (χ2v) is 2.34. The first-order valence-electron chi connectivity index (χ1n) is 3.66. The molecule has 4 nitrogen and oxygen atoms in total. The van der Waals surface area contributed by atoms with E-state index < -0.39 is 6.10 Å². The average Bonchev–Trinajstić information content (AvgIpc) is 2.16. The number of hydrogen-bond acceptors (Lipinski definition) is 4. The Bertz CT molecular complexity index is 261. The number of hydrogen-bond donors (Lipinski definition) is 2. The van der Waals surface area contributed by atoms with E-state index in [0.717, 1.165) is 0 Å². The quantitative estimate of drug-likeness (QED) is 0.825. The van der Waals surface area contributed by atoms with Gasteiger partial charge in [-0.25, -0.2) is 0 Å². The van der Waals surface area contributed by atoms with Crippen molar-refractivity contribution < 1.29 is 9.84 Å². The van der Waals surface area contributed by atoms with E-state index in [1.165, 1.54) is 7.11 Å². The minimum atomic E-state index is -0.749. The highest BCUT2D eigenvalue weighted by Crippen LogP contribution is 2.20. The smallest absolute Gasteiger partial charge is 0.143 e. The van der Waals surface area contributed by atoms with Crippen molar-refractivity contribution in [3.8, 4) is 5.75 Å². The summed E-state index contributed by atoms with van der Waals surface area (Å²) < 4.78 is 4.99. The molecule has 1 heterocycles. The molecule has 0 saturated carbocycles. The Balaban J connectivity index is 0. The maximum Gasteiger partial charge on any atom is 0.143 e. The van der Waals surface area contributed by atoms with Crippen molar-refractivity contribution in [2.24, 2.45) is 5.73 Å². The molecule has 0 radical (unpaired) electrons. The van der Waals surface area contributed by atoms with Crippen LogP contribution in [0.1, 0.15) is 11.8 Å². The van der Waals surface area contributed by atoms with E-state index in [9.17, 15) is 5.11 Å². The zero-order valence-electron chi connectivity index (χ0n) is 7.71. The Morgan fingerprint density at radius 3 is 2.71 bits per heavy atom. The monoisotopic (exact) mass is 240 g/mol. The van der Waals surface area contributed by atoms with Crippen LogP contribution in [0.15, 0.2) is 18.3 Å². The second kappa shape index (κ2) is 7.82. The lowest BCUT2D eigenvalue weighted by atomic mass is 10.2. The van der Waals surface area contributed by atoms with Crippen molar-refractivity contribution in [2.75, 3.05) is 13.7 Å². The molecule has 3 N–H and O–H groups in total. The molecule has 0 spiro atoms. The number of halogens is 2. The Labute approximate surface area is 95.3 Å². The SMILES string of the molecule is COc1cccnc1[C@@H](O)CN.Cl.Cl. The van der Waals surface area contributed by atoms with E-state index in [4.69, 9.17) is 10.5 Å². The van der Waals surface area contributed by atoms with E-state index in [0.29, 0.717) is 11.4 Å². The summed E-state index contributed by atoms with van der Waals surface area (Å²) in [5.41, 5.74) is 5.77. The van der Waals surface area contributed by atoms with E-state index in [-0.39, 0.29) is 31.4 Å². The highest BCUT2D eigenvalue weighted by molar-refractivity contribution is 5.85. The predicted octanol–water partition coefficient (Wildman–Crippen LogP) is 0.926. The molecule has 0 saturated heterocycles. The standard InChI is InChI=1S/C8H12N2O2.2ClH/c1-12-7-3-2-4-10-8(7)6(11)5-9;;/h2-4,6,11H,5,9H2,1H3;2*1H/t6-;;/m0../s1. The maximum absolute atomic E-state index is 9.37. The number of ether oxygens (including phenoxy) is 1. The molecular weight excluding hydrogens is 227 g/mol. The van der Waals surface area contributed by atoms with Crippen LogP contribution in [0.25, 0.3) is 0 Å². The van der Waals surface area contributed by atoms with Crippen LogP contribution in [0, 0.1) is 0 Å². The number of nitrogens with two attached hydrogens (primary N) is 1. The Kier molecular flexibility index (Phi) is 8.88. The molecule has 14 heavy (non-hydrogen) atoms. The fourth-order valence-electron chi connectivity index (χ4n) is 0.937. The van der Waals surface area contributed by atoms with Gasteiger partial charge in [-0.2, -0.15) is 0 Å². The number of rotatable bonds is 3. The van der Waals surface area contributed by atoms with Gasteiger partial charge >= 0.3 is 0 Å². The molecule has 0 aliphatic carbocycles. The molecule has 1 aromatic heterocycles. The molecule has 0 aliphatic rings. The number of aromatic nitrogens is 1. The summed E-state index contributed by atoms with van der Waals surface area (Å²) in [5.74, 6) is 0.565. The fourth-order valence-corrected chi connectivity index (χ4v) is 0.937. The minimum absolute atomic E-state index is 0. The van der Waals surface area contributed by atoms with Crippen molar-refractivity contribution in [3.05, 3.63) is 24.0 Å². The molecule has 6 heteroatoms. The highest BCUT2D eigenvalue weighted by Gasteiger charge is 2.11. The molecule has 0 aromatic carbocycles. The number of aliphatic hydroxyl groups is 1. The van der Waals surface area contributed by atoms with Crippen LogP contribution in [0.3, 0.4) is 0 Å². The van der Waals surface area contributed by atoms with Crippen LogP contribution >= 0.6 is 24.8 Å². The molecule has 0 unspecified atom stereocenters. The van der Waals surface area contributed by atoms with Crippen LogP contribution in [0.5, 0.6) is 5.75 Å². The first kappa shape index (κ1) is 15.9. The Morgan fingerprint density at radius 2 is 2.21 bits per heavy atom. The van der Waals surface area contributed by atoms with Gasteiger partial charge in [0.15, 0.2) is 0 Å². The van der Waals surface area contributed by atoms with E-state index in [1.807, 2.05) is 0 Å². The van der Waals surface area contributed by atoms with Gasteiger partial charge in [0.25, 0.3) is 0 Å². The summed E-state index contributed by atoms with van der Waals surface area (Å²) in [7, 11) is 1.53. The topological polar surface area (TPSA) is 68.4 Å². The Hall–Kier alpha value is -0.550. The summed E-state index contributed by atoms with van der Waals surface area (Å²) in [6, 6.07) is 3.48. The molecule has 0 bridgehead atoms. The first-order chi connectivity index (χ1) is 5.79. The van der Waals surface area contributed by atoms with Gasteiger partial charge in [0, 0.05) is 12.7 Å². The first-order valence-corrected chi connectivity index (χ1v) is 3.66. The zero-order valence-corrected chi connectivity index (χ0v) is 9.35. The van der Waals surface area contributed by atoms with Gasteiger partial charge in [-0.15, -0.1) is 24.8 Å². The lowest BCUT2D eigenvalue weighted by Gasteiger charge is -2.10. The summed E-state index contributed by atoms with van der Waals surface area (Å²) >= 11 is 0. The Morgan fingerprint density at radius 1 is 1.57 bits per heavy atom. The molecule has 0 fully saturated rings. The highest BCUT2D eigenvalue weighted by atomic mass is 35.5. The summed E-state index contributed by atoms with van der Waals surface area (Å²) in [6.07, 6.45) is 0.845. The van der Waals surface area contributed by atoms with Gasteiger partial charge in [-0.3, -0.25) is 4.98 Å². The molecule has 0 amide bonds. The minimum Gasteiger partial charge on any atom is -0.495 e. The lowest BCUT2D eigenvalue weighted by molar-refractivity contribution is 0.177. The summed E-state index contributed by atoms with van der Waals surface area (Å²) in [4.78, 5) is 3.97. The number of methoxy groups -OCH3 is 1. The van der Waals surface area contributed by atoms with Crippen LogP contribution in [-0.2, 0) is 0 Å². The van der Waals surface area contributed by atoms with Gasteiger partial charge in [0.2, 0.25) is 0 Å². The molecular formula is C8H14Cl2N2O2.